The fraction of sp³-hybridized carbons (Fsp3) is 0.0500. The number of carbonyl (C=O) groups is 1. The van der Waals surface area contributed by atoms with Crippen LogP contribution in [-0.4, -0.2) is 5.91 Å². The van der Waals surface area contributed by atoms with Gasteiger partial charge in [-0.15, -0.1) is 0 Å². The smallest absolute Gasteiger partial charge is 0.258 e. The predicted octanol–water partition coefficient (Wildman–Crippen LogP) is 5.24. The van der Waals surface area contributed by atoms with Crippen molar-refractivity contribution in [3.63, 3.8) is 0 Å². The van der Waals surface area contributed by atoms with E-state index >= 15 is 0 Å². The third-order valence-electron chi connectivity index (χ3n) is 4.11. The van der Waals surface area contributed by atoms with Crippen molar-refractivity contribution in [2.24, 2.45) is 0 Å². The van der Waals surface area contributed by atoms with Crippen LogP contribution in [0.25, 0.3) is 0 Å². The van der Waals surface area contributed by atoms with E-state index in [9.17, 15) is 4.79 Å². The van der Waals surface area contributed by atoms with E-state index < -0.39 is 0 Å². The highest BCUT2D eigenvalue weighted by molar-refractivity contribution is 6.31. The molecule has 0 unspecified atom stereocenters. The van der Waals surface area contributed by atoms with Crippen molar-refractivity contribution in [3.8, 4) is 0 Å². The molecule has 4 rings (SSSR count). The second-order valence-electron chi connectivity index (χ2n) is 5.77. The number of carbonyl (C=O) groups excluding carboxylic acids is 1. The first-order valence-corrected chi connectivity index (χ1v) is 8.12. The molecule has 0 aliphatic carbocycles. The molecule has 3 aromatic rings. The lowest BCUT2D eigenvalue weighted by Crippen LogP contribution is -2.13. The zero-order valence-electron chi connectivity index (χ0n) is 12.8. The van der Waals surface area contributed by atoms with Gasteiger partial charge in [0.05, 0.1) is 22.6 Å². The fourth-order valence-corrected chi connectivity index (χ4v) is 3.17. The summed E-state index contributed by atoms with van der Waals surface area (Å²) >= 11 is 6.08. The first-order valence-electron chi connectivity index (χ1n) is 7.74. The normalized spacial score (nSPS) is 12.5. The molecule has 1 amide bonds. The quantitative estimate of drug-likeness (QED) is 0.673. The molecular formula is C20H15ClN2O. The Morgan fingerprint density at radius 1 is 0.792 bits per heavy atom. The van der Waals surface area contributed by atoms with Crippen LogP contribution in [-0.2, 0) is 6.42 Å². The molecule has 0 saturated heterocycles. The molecule has 0 bridgehead atoms. The highest BCUT2D eigenvalue weighted by atomic mass is 35.5. The summed E-state index contributed by atoms with van der Waals surface area (Å²) in [6.45, 7) is 0. The number of fused-ring (bicyclic) bond motifs is 2. The Labute approximate surface area is 145 Å². The molecule has 0 aromatic heterocycles. The Morgan fingerprint density at radius 3 is 2.46 bits per heavy atom. The standard InChI is InChI=1S/C20H15ClN2O/c21-15-9-10-16-18(12-15)22-17-8-4-7-14(19(17)20(24)23-16)11-13-5-2-1-3-6-13/h1-10,12,22H,11H2,(H,23,24). The van der Waals surface area contributed by atoms with Gasteiger partial charge in [0.25, 0.3) is 5.91 Å². The number of hydrogen-bond acceptors (Lipinski definition) is 2. The van der Waals surface area contributed by atoms with Crippen LogP contribution in [0.15, 0.2) is 66.7 Å². The molecule has 0 spiro atoms. The lowest BCUT2D eigenvalue weighted by atomic mass is 9.98. The van der Waals surface area contributed by atoms with Crippen molar-refractivity contribution in [2.45, 2.75) is 6.42 Å². The van der Waals surface area contributed by atoms with E-state index in [1.807, 2.05) is 48.5 Å². The zero-order chi connectivity index (χ0) is 16.5. The summed E-state index contributed by atoms with van der Waals surface area (Å²) in [5.74, 6) is -0.106. The largest absolute Gasteiger partial charge is 0.353 e. The van der Waals surface area contributed by atoms with E-state index in [0.717, 1.165) is 22.6 Å². The van der Waals surface area contributed by atoms with Crippen molar-refractivity contribution in [3.05, 3.63) is 88.4 Å². The lowest BCUT2D eigenvalue weighted by molar-refractivity contribution is 0.102. The number of nitrogens with one attached hydrogen (secondary N) is 2. The molecule has 3 nitrogen and oxygen atoms in total. The maximum absolute atomic E-state index is 12.8. The van der Waals surface area contributed by atoms with Gasteiger partial charge in [-0.25, -0.2) is 0 Å². The molecule has 3 aromatic carbocycles. The Balaban J connectivity index is 1.78. The summed E-state index contributed by atoms with van der Waals surface area (Å²) in [7, 11) is 0. The third kappa shape index (κ3) is 2.74. The first-order chi connectivity index (χ1) is 11.7. The second kappa shape index (κ2) is 6.02. The van der Waals surface area contributed by atoms with Crippen molar-refractivity contribution < 1.29 is 4.79 Å². The molecule has 0 saturated carbocycles. The van der Waals surface area contributed by atoms with Gasteiger partial charge in [-0.2, -0.15) is 0 Å². The highest BCUT2D eigenvalue weighted by Crippen LogP contribution is 2.35. The molecule has 1 heterocycles. The summed E-state index contributed by atoms with van der Waals surface area (Å²) < 4.78 is 0. The minimum Gasteiger partial charge on any atom is -0.353 e. The van der Waals surface area contributed by atoms with Crippen molar-refractivity contribution in [1.82, 2.24) is 0 Å². The van der Waals surface area contributed by atoms with Gasteiger partial charge >= 0.3 is 0 Å². The van der Waals surface area contributed by atoms with Crippen molar-refractivity contribution >= 4 is 34.6 Å². The molecule has 4 heteroatoms. The topological polar surface area (TPSA) is 41.1 Å². The number of rotatable bonds is 2. The summed E-state index contributed by atoms with van der Waals surface area (Å²) in [6, 6.07) is 21.4. The minimum absolute atomic E-state index is 0.106. The van der Waals surface area contributed by atoms with Crippen LogP contribution >= 0.6 is 11.6 Å². The molecule has 2 N–H and O–H groups in total. The van der Waals surface area contributed by atoms with Crippen LogP contribution in [0.5, 0.6) is 0 Å². The molecule has 24 heavy (non-hydrogen) atoms. The van der Waals surface area contributed by atoms with Gasteiger partial charge in [-0.05, 0) is 41.8 Å². The van der Waals surface area contributed by atoms with E-state index in [1.54, 1.807) is 6.07 Å². The van der Waals surface area contributed by atoms with Gasteiger partial charge in [0.1, 0.15) is 0 Å². The molecule has 1 aliphatic rings. The van der Waals surface area contributed by atoms with Crippen LogP contribution < -0.4 is 10.6 Å². The molecule has 0 atom stereocenters. The molecular weight excluding hydrogens is 320 g/mol. The number of hydrogen-bond donors (Lipinski definition) is 2. The number of anilines is 3. The zero-order valence-corrected chi connectivity index (χ0v) is 13.6. The van der Waals surface area contributed by atoms with Crippen LogP contribution in [0, 0.1) is 0 Å². The molecule has 0 fully saturated rings. The van der Waals surface area contributed by atoms with E-state index in [1.165, 1.54) is 5.56 Å². The van der Waals surface area contributed by atoms with Crippen LogP contribution in [0.3, 0.4) is 0 Å². The fourth-order valence-electron chi connectivity index (χ4n) is 2.99. The summed E-state index contributed by atoms with van der Waals surface area (Å²) in [5, 5.41) is 6.93. The van der Waals surface area contributed by atoms with Crippen molar-refractivity contribution in [1.29, 1.82) is 0 Å². The number of benzene rings is 3. The van der Waals surface area contributed by atoms with Gasteiger partial charge in [-0.3, -0.25) is 4.79 Å². The lowest BCUT2D eigenvalue weighted by Gasteiger charge is -2.12. The van der Waals surface area contributed by atoms with Crippen LogP contribution in [0.1, 0.15) is 21.5 Å². The predicted molar refractivity (Wildman–Crippen MR) is 98.4 cm³/mol. The SMILES string of the molecule is O=C1Nc2ccc(Cl)cc2Nc2cccc(Cc3ccccc3)c21. The van der Waals surface area contributed by atoms with Gasteiger partial charge in [0, 0.05) is 5.02 Å². The van der Waals surface area contributed by atoms with E-state index in [2.05, 4.69) is 22.8 Å². The van der Waals surface area contributed by atoms with Gasteiger partial charge in [-0.1, -0.05) is 54.1 Å². The van der Waals surface area contributed by atoms with Crippen molar-refractivity contribution in [2.75, 3.05) is 10.6 Å². The Morgan fingerprint density at radius 2 is 1.62 bits per heavy atom. The first kappa shape index (κ1) is 14.8. The number of halogens is 1. The van der Waals surface area contributed by atoms with Gasteiger partial charge in [0.15, 0.2) is 0 Å². The maximum Gasteiger partial charge on any atom is 0.258 e. The molecule has 0 radical (unpaired) electrons. The summed E-state index contributed by atoms with van der Waals surface area (Å²) in [6.07, 6.45) is 0.705. The van der Waals surface area contributed by atoms with Gasteiger partial charge < -0.3 is 10.6 Å². The monoisotopic (exact) mass is 334 g/mol. The average Bonchev–Trinajstić information content (AvgIpc) is 2.72. The average molecular weight is 335 g/mol. The van der Waals surface area contributed by atoms with Gasteiger partial charge in [0.2, 0.25) is 0 Å². The summed E-state index contributed by atoms with van der Waals surface area (Å²) in [5.41, 5.74) is 5.15. The molecule has 118 valence electrons. The third-order valence-corrected chi connectivity index (χ3v) is 4.35. The number of amides is 1. The summed E-state index contributed by atoms with van der Waals surface area (Å²) in [4.78, 5) is 12.8. The van der Waals surface area contributed by atoms with E-state index in [4.69, 9.17) is 11.6 Å². The van der Waals surface area contributed by atoms with E-state index in [0.29, 0.717) is 17.0 Å². The highest BCUT2D eigenvalue weighted by Gasteiger charge is 2.22. The van der Waals surface area contributed by atoms with E-state index in [-0.39, 0.29) is 5.91 Å². The Kier molecular flexibility index (Phi) is 3.71. The molecule has 1 aliphatic heterocycles. The minimum atomic E-state index is -0.106. The Bertz CT molecular complexity index is 922. The van der Waals surface area contributed by atoms with Crippen LogP contribution in [0.2, 0.25) is 5.02 Å². The maximum atomic E-state index is 12.8. The second-order valence-corrected chi connectivity index (χ2v) is 6.21. The van der Waals surface area contributed by atoms with Crippen LogP contribution in [0.4, 0.5) is 17.1 Å². The Hall–Kier alpha value is -2.78.